The van der Waals surface area contributed by atoms with Crippen molar-refractivity contribution < 1.29 is 17.6 Å². The minimum Gasteiger partial charge on any atom is -0.278 e. The van der Waals surface area contributed by atoms with Crippen LogP contribution in [0, 0.1) is 0 Å². The predicted molar refractivity (Wildman–Crippen MR) is 145 cm³/mol. The van der Waals surface area contributed by atoms with Gasteiger partial charge in [-0.15, -0.1) is 0 Å². The van der Waals surface area contributed by atoms with E-state index in [2.05, 4.69) is 34.8 Å². The van der Waals surface area contributed by atoms with E-state index in [1.807, 2.05) is 60.7 Å². The smallest absolute Gasteiger partial charge is 0.278 e. The van der Waals surface area contributed by atoms with Gasteiger partial charge >= 0.3 is 6.18 Å². The van der Waals surface area contributed by atoms with Crippen molar-refractivity contribution in [2.24, 2.45) is 0 Å². The number of aromatic nitrogens is 3. The van der Waals surface area contributed by atoms with Crippen LogP contribution >= 0.6 is 15.9 Å². The summed E-state index contributed by atoms with van der Waals surface area (Å²) in [6.07, 6.45) is -4.18. The van der Waals surface area contributed by atoms with Crippen molar-refractivity contribution in [2.75, 3.05) is 13.3 Å². The Morgan fingerprint density at radius 1 is 0.947 bits per heavy atom. The summed E-state index contributed by atoms with van der Waals surface area (Å²) in [5, 5.41) is 0. The molecule has 9 heteroatoms. The van der Waals surface area contributed by atoms with E-state index in [-0.39, 0.29) is 24.6 Å². The van der Waals surface area contributed by atoms with Crippen LogP contribution in [0.15, 0.2) is 77.3 Å². The van der Waals surface area contributed by atoms with Gasteiger partial charge in [-0.3, -0.25) is 13.9 Å². The Balaban J connectivity index is 1.67. The number of hydrogen-bond donors (Lipinski definition) is 0. The highest BCUT2D eigenvalue weighted by Crippen LogP contribution is 2.37. The van der Waals surface area contributed by atoms with Crippen LogP contribution in [0.2, 0.25) is 0 Å². The zero-order chi connectivity index (χ0) is 27.0. The molecule has 4 nitrogen and oxygen atoms in total. The van der Waals surface area contributed by atoms with Crippen LogP contribution in [0.1, 0.15) is 42.3 Å². The molecule has 0 saturated carbocycles. The molecule has 2 heterocycles. The lowest BCUT2D eigenvalue weighted by Gasteiger charge is -2.19. The summed E-state index contributed by atoms with van der Waals surface area (Å²) in [7, 11) is 0. The highest BCUT2D eigenvalue weighted by atomic mass is 79.9. The van der Waals surface area contributed by atoms with E-state index in [1.165, 1.54) is 9.30 Å². The van der Waals surface area contributed by atoms with Gasteiger partial charge in [-0.25, -0.2) is 9.37 Å². The third-order valence-corrected chi connectivity index (χ3v) is 7.40. The van der Waals surface area contributed by atoms with Crippen LogP contribution < -0.4 is 0 Å². The van der Waals surface area contributed by atoms with Crippen LogP contribution in [-0.4, -0.2) is 32.2 Å². The van der Waals surface area contributed by atoms with Gasteiger partial charge in [-0.05, 0) is 63.7 Å². The molecule has 0 saturated heterocycles. The Labute approximate surface area is 226 Å². The Morgan fingerprint density at radius 3 is 2.26 bits per heavy atom. The number of alkyl halides is 4. The van der Waals surface area contributed by atoms with E-state index in [0.29, 0.717) is 29.1 Å². The molecule has 5 aromatic rings. The van der Waals surface area contributed by atoms with Crippen molar-refractivity contribution in [3.63, 3.8) is 0 Å². The largest absolute Gasteiger partial charge is 0.435 e. The van der Waals surface area contributed by atoms with Crippen molar-refractivity contribution in [2.45, 2.75) is 38.9 Å². The number of benzene rings is 3. The molecule has 0 aliphatic heterocycles. The predicted octanol–water partition coefficient (Wildman–Crippen LogP) is 8.15. The molecule has 0 aliphatic carbocycles. The van der Waals surface area contributed by atoms with Gasteiger partial charge in [0.05, 0.1) is 22.4 Å². The molecule has 0 bridgehead atoms. The molecule has 0 N–H and O–H groups in total. The first-order valence-corrected chi connectivity index (χ1v) is 13.2. The molecule has 0 fully saturated rings. The number of rotatable bonds is 8. The van der Waals surface area contributed by atoms with E-state index >= 15 is 0 Å². The zero-order valence-electron chi connectivity index (χ0n) is 21.0. The van der Waals surface area contributed by atoms with Crippen LogP contribution in [0.25, 0.3) is 22.5 Å². The SMILES string of the molecule is CC(C)c1ccc(-n2c3ccccc3n3c(CN(CF)CCc4ccccc4)c(C(F)(F)F)nc23)c(Br)c1. The highest BCUT2D eigenvalue weighted by Gasteiger charge is 2.39. The summed E-state index contributed by atoms with van der Waals surface area (Å²) >= 11 is 3.63. The maximum atomic E-state index is 14.3. The second-order valence-corrected chi connectivity index (χ2v) is 10.5. The summed E-state index contributed by atoms with van der Waals surface area (Å²) in [5.74, 6) is 0.424. The fourth-order valence-electron chi connectivity index (χ4n) is 4.79. The molecule has 38 heavy (non-hydrogen) atoms. The molecular weight excluding hydrogens is 560 g/mol. The Hall–Kier alpha value is -3.17. The Kier molecular flexibility index (Phi) is 7.33. The molecule has 0 atom stereocenters. The molecule has 0 spiro atoms. The van der Waals surface area contributed by atoms with Crippen LogP contribution in [0.3, 0.4) is 0 Å². The minimum absolute atomic E-state index is 0.0805. The van der Waals surface area contributed by atoms with Gasteiger partial charge in [0.25, 0.3) is 0 Å². The van der Waals surface area contributed by atoms with E-state index in [0.717, 1.165) is 15.6 Å². The van der Waals surface area contributed by atoms with E-state index < -0.39 is 18.7 Å². The van der Waals surface area contributed by atoms with Crippen LogP contribution in [-0.2, 0) is 19.1 Å². The average Bonchev–Trinajstić information content (AvgIpc) is 3.42. The van der Waals surface area contributed by atoms with Gasteiger partial charge in [-0.1, -0.05) is 62.4 Å². The van der Waals surface area contributed by atoms with Crippen molar-refractivity contribution in [3.8, 4) is 5.69 Å². The second kappa shape index (κ2) is 10.5. The number of hydrogen-bond acceptors (Lipinski definition) is 2. The van der Waals surface area contributed by atoms with Gasteiger partial charge in [0, 0.05) is 17.6 Å². The highest BCUT2D eigenvalue weighted by molar-refractivity contribution is 9.10. The van der Waals surface area contributed by atoms with Gasteiger partial charge in [0.2, 0.25) is 5.78 Å². The topological polar surface area (TPSA) is 25.5 Å². The molecule has 198 valence electrons. The zero-order valence-corrected chi connectivity index (χ0v) is 22.6. The summed E-state index contributed by atoms with van der Waals surface area (Å²) in [5.41, 5.74) is 2.97. The first kappa shape index (κ1) is 26.4. The van der Waals surface area contributed by atoms with Crippen molar-refractivity contribution in [1.29, 1.82) is 0 Å². The quantitative estimate of drug-likeness (QED) is 0.135. The van der Waals surface area contributed by atoms with E-state index in [9.17, 15) is 17.6 Å². The maximum absolute atomic E-state index is 14.3. The third kappa shape index (κ3) is 4.97. The molecule has 2 aromatic heterocycles. The lowest BCUT2D eigenvalue weighted by Crippen LogP contribution is -2.27. The standard InChI is InChI=1S/C29H27BrF4N4/c1-19(2)21-12-13-23(22(30)16-21)37-24-10-6-7-11-25(24)38-26(27(29(32,33)34)35-28(37)38)17-36(18-31)15-14-20-8-4-3-5-9-20/h3-13,16,19H,14-15,17-18H2,1-2H3. The van der Waals surface area contributed by atoms with Gasteiger partial charge in [0.1, 0.15) is 6.80 Å². The molecule has 3 aromatic carbocycles. The summed E-state index contributed by atoms with van der Waals surface area (Å²) in [6.45, 7) is 3.32. The summed E-state index contributed by atoms with van der Waals surface area (Å²) < 4.78 is 61.1. The first-order chi connectivity index (χ1) is 18.2. The fraction of sp³-hybridized carbons (Fsp3) is 0.276. The van der Waals surface area contributed by atoms with Gasteiger partial charge in [-0.2, -0.15) is 13.2 Å². The van der Waals surface area contributed by atoms with E-state index in [4.69, 9.17) is 0 Å². The Bertz CT molecular complexity index is 1570. The molecular formula is C29H27BrF4N4. The van der Waals surface area contributed by atoms with Crippen LogP contribution in [0.5, 0.6) is 0 Å². The number of fused-ring (bicyclic) bond motifs is 3. The van der Waals surface area contributed by atoms with Crippen molar-refractivity contribution >= 4 is 32.7 Å². The molecule has 0 unspecified atom stereocenters. The molecule has 5 rings (SSSR count). The number of imidazole rings is 2. The molecule has 0 amide bonds. The third-order valence-electron chi connectivity index (χ3n) is 6.77. The van der Waals surface area contributed by atoms with Gasteiger partial charge in [0.15, 0.2) is 5.69 Å². The lowest BCUT2D eigenvalue weighted by atomic mass is 10.0. The number of halogens is 5. The summed E-state index contributed by atoms with van der Waals surface area (Å²) in [6, 6.07) is 22.6. The Morgan fingerprint density at radius 2 is 1.63 bits per heavy atom. The van der Waals surface area contributed by atoms with Crippen molar-refractivity contribution in [1.82, 2.24) is 18.9 Å². The number of para-hydroxylation sites is 2. The van der Waals surface area contributed by atoms with Gasteiger partial charge < -0.3 is 0 Å². The first-order valence-electron chi connectivity index (χ1n) is 12.4. The molecule has 0 radical (unpaired) electrons. The summed E-state index contributed by atoms with van der Waals surface area (Å²) in [4.78, 5) is 5.51. The molecule has 0 aliphatic rings. The lowest BCUT2D eigenvalue weighted by molar-refractivity contribution is -0.141. The van der Waals surface area contributed by atoms with Crippen molar-refractivity contribution in [3.05, 3.63) is 99.8 Å². The monoisotopic (exact) mass is 586 g/mol. The normalized spacial score (nSPS) is 12.4. The van der Waals surface area contributed by atoms with E-state index in [1.54, 1.807) is 16.7 Å². The fourth-order valence-corrected chi connectivity index (χ4v) is 5.37. The maximum Gasteiger partial charge on any atom is 0.435 e. The average molecular weight is 587 g/mol. The minimum atomic E-state index is -4.70. The number of nitrogens with zero attached hydrogens (tertiary/aromatic N) is 4. The van der Waals surface area contributed by atoms with Crippen LogP contribution in [0.4, 0.5) is 17.6 Å². The second-order valence-electron chi connectivity index (χ2n) is 9.64.